The van der Waals surface area contributed by atoms with Crippen LogP contribution in [0.5, 0.6) is 5.75 Å². The van der Waals surface area contributed by atoms with Gasteiger partial charge in [0.05, 0.1) is 0 Å². The molecule has 0 aliphatic heterocycles. The summed E-state index contributed by atoms with van der Waals surface area (Å²) in [6, 6.07) is 5.06. The second-order valence-electron chi connectivity index (χ2n) is 2.31. The van der Waals surface area contributed by atoms with Crippen molar-refractivity contribution < 1.29 is 32.5 Å². The molecule has 1 aromatic carbocycles. The third-order valence-electron chi connectivity index (χ3n) is 1.31. The molecule has 0 fully saturated rings. The number of hydrogen-bond acceptors (Lipinski definition) is 4. The summed E-state index contributed by atoms with van der Waals surface area (Å²) in [5.74, 6) is -1.77. The Hall–Kier alpha value is -1.64. The van der Waals surface area contributed by atoms with Gasteiger partial charge in [0.1, 0.15) is 5.56 Å². The maximum Gasteiger partial charge on any atom is 0.446 e. The van der Waals surface area contributed by atoms with Crippen LogP contribution in [-0.4, -0.2) is 29.5 Å². The second kappa shape index (κ2) is 4.73. The third kappa shape index (κ3) is 3.94. The number of carbonyl (C=O) groups is 1. The van der Waals surface area contributed by atoms with E-state index in [-0.39, 0.29) is 11.0 Å². The molecule has 0 aliphatic carbocycles. The highest BCUT2D eigenvalue weighted by Gasteiger charge is 2.15. The topological polar surface area (TPSA) is 132 Å². The minimum Gasteiger partial charge on any atom is -0.478 e. The summed E-state index contributed by atoms with van der Waals surface area (Å²) in [6.07, 6.45) is 0. The van der Waals surface area contributed by atoms with Crippen LogP contribution in [0.2, 0.25) is 0 Å². The smallest absolute Gasteiger partial charge is 0.446 e. The van der Waals surface area contributed by atoms with Gasteiger partial charge in [-0.2, -0.15) is 8.42 Å². The predicted octanol–water partition coefficient (Wildman–Crippen LogP) is -0.258. The molecule has 1 aromatic rings. The molecular formula is C7H8O7S. The van der Waals surface area contributed by atoms with E-state index in [0.29, 0.717) is 0 Å². The summed E-state index contributed by atoms with van der Waals surface area (Å²) < 4.78 is 33.0. The summed E-state index contributed by atoms with van der Waals surface area (Å²) in [5, 5.41) is 8.61. The highest BCUT2D eigenvalue weighted by atomic mass is 32.3. The molecule has 7 nitrogen and oxygen atoms in total. The Labute approximate surface area is 85.2 Å². The number of aromatic carboxylic acids is 1. The number of hydrogen-bond donors (Lipinski definition) is 2. The summed E-state index contributed by atoms with van der Waals surface area (Å²) in [6.45, 7) is 0. The third-order valence-corrected chi connectivity index (χ3v) is 1.70. The fourth-order valence-electron chi connectivity index (χ4n) is 0.829. The summed E-state index contributed by atoms with van der Waals surface area (Å²) >= 11 is 0. The molecule has 0 bridgehead atoms. The lowest BCUT2D eigenvalue weighted by atomic mass is 10.2. The van der Waals surface area contributed by atoms with Crippen LogP contribution in [0.4, 0.5) is 0 Å². The first-order chi connectivity index (χ1) is 6.40. The largest absolute Gasteiger partial charge is 0.478 e. The molecule has 0 heterocycles. The van der Waals surface area contributed by atoms with Crippen LogP contribution in [0.1, 0.15) is 10.4 Å². The van der Waals surface area contributed by atoms with Crippen molar-refractivity contribution in [1.29, 1.82) is 0 Å². The van der Waals surface area contributed by atoms with Gasteiger partial charge < -0.3 is 14.8 Å². The molecular weight excluding hydrogens is 228 g/mol. The van der Waals surface area contributed by atoms with E-state index in [4.69, 9.17) is 9.66 Å². The first-order valence-electron chi connectivity index (χ1n) is 3.39. The highest BCUT2D eigenvalue weighted by Crippen LogP contribution is 2.18. The average molecular weight is 236 g/mol. The normalized spacial score (nSPS) is 10.2. The predicted molar refractivity (Wildman–Crippen MR) is 49.2 cm³/mol. The Bertz CT molecular complexity index is 450. The lowest BCUT2D eigenvalue weighted by Gasteiger charge is -2.03. The molecule has 84 valence electrons. The maximum absolute atomic E-state index is 10.6. The molecule has 8 heteroatoms. The molecule has 0 saturated heterocycles. The van der Waals surface area contributed by atoms with Gasteiger partial charge in [-0.15, -0.1) is 0 Å². The SMILES string of the molecule is O.O=C(O)c1ccccc1OS(=O)(=O)O. The number of carboxylic acids is 1. The Kier molecular flexibility index (Phi) is 4.21. The van der Waals surface area contributed by atoms with Gasteiger partial charge in [0.15, 0.2) is 5.75 Å². The molecule has 0 aliphatic rings. The summed E-state index contributed by atoms with van der Waals surface area (Å²) in [5.41, 5.74) is -0.342. The first kappa shape index (κ1) is 13.4. The molecule has 0 unspecified atom stereocenters. The van der Waals surface area contributed by atoms with E-state index in [1.54, 1.807) is 0 Å². The number of benzene rings is 1. The quantitative estimate of drug-likeness (QED) is 0.695. The zero-order chi connectivity index (χ0) is 10.8. The Balaban J connectivity index is 0.00000196. The van der Waals surface area contributed by atoms with Crippen molar-refractivity contribution in [1.82, 2.24) is 0 Å². The average Bonchev–Trinajstić information content (AvgIpc) is 2.01. The van der Waals surface area contributed by atoms with Crippen molar-refractivity contribution in [3.63, 3.8) is 0 Å². The molecule has 1 rings (SSSR count). The Morgan fingerprint density at radius 2 is 1.80 bits per heavy atom. The molecule has 0 atom stereocenters. The molecule has 4 N–H and O–H groups in total. The van der Waals surface area contributed by atoms with E-state index in [1.807, 2.05) is 0 Å². The van der Waals surface area contributed by atoms with E-state index in [0.717, 1.165) is 12.1 Å². The van der Waals surface area contributed by atoms with E-state index in [1.165, 1.54) is 12.1 Å². The molecule has 15 heavy (non-hydrogen) atoms. The minimum atomic E-state index is -4.70. The molecule has 0 saturated carbocycles. The van der Waals surface area contributed by atoms with Crippen molar-refractivity contribution in [2.45, 2.75) is 0 Å². The lowest BCUT2D eigenvalue weighted by Crippen LogP contribution is -2.10. The van der Waals surface area contributed by atoms with E-state index < -0.39 is 22.1 Å². The van der Waals surface area contributed by atoms with Gasteiger partial charge in [-0.25, -0.2) is 4.79 Å². The second-order valence-corrected chi connectivity index (χ2v) is 3.33. The van der Waals surface area contributed by atoms with Gasteiger partial charge in [0.25, 0.3) is 0 Å². The summed E-state index contributed by atoms with van der Waals surface area (Å²) in [7, 11) is -4.70. The van der Waals surface area contributed by atoms with Gasteiger partial charge in [-0.05, 0) is 12.1 Å². The number of carboxylic acid groups (broad SMARTS) is 1. The van der Waals surface area contributed by atoms with Gasteiger partial charge >= 0.3 is 16.4 Å². The lowest BCUT2D eigenvalue weighted by molar-refractivity contribution is 0.0695. The Morgan fingerprint density at radius 1 is 1.27 bits per heavy atom. The van der Waals surface area contributed by atoms with Crippen LogP contribution in [0.15, 0.2) is 24.3 Å². The monoisotopic (exact) mass is 236 g/mol. The van der Waals surface area contributed by atoms with Crippen LogP contribution in [0, 0.1) is 0 Å². The van der Waals surface area contributed by atoms with Crippen molar-refractivity contribution in [2.24, 2.45) is 0 Å². The van der Waals surface area contributed by atoms with Gasteiger partial charge in [-0.1, -0.05) is 12.1 Å². The zero-order valence-corrected chi connectivity index (χ0v) is 8.06. The first-order valence-corrected chi connectivity index (χ1v) is 4.76. The Morgan fingerprint density at radius 3 is 2.27 bits per heavy atom. The van der Waals surface area contributed by atoms with Crippen molar-refractivity contribution >= 4 is 16.4 Å². The van der Waals surface area contributed by atoms with Crippen LogP contribution in [-0.2, 0) is 10.4 Å². The molecule has 0 spiro atoms. The molecule has 0 amide bonds. The van der Waals surface area contributed by atoms with E-state index >= 15 is 0 Å². The van der Waals surface area contributed by atoms with E-state index in [9.17, 15) is 13.2 Å². The van der Waals surface area contributed by atoms with Gasteiger partial charge in [-0.3, -0.25) is 4.55 Å². The highest BCUT2D eigenvalue weighted by molar-refractivity contribution is 7.81. The standard InChI is InChI=1S/C7H6O6S.H2O/c8-7(9)5-3-1-2-4-6(5)13-14(10,11)12;/h1-4H,(H,8,9)(H,10,11,12);1H2. The summed E-state index contributed by atoms with van der Waals surface area (Å²) in [4.78, 5) is 10.6. The fourth-order valence-corrected chi connectivity index (χ4v) is 1.20. The van der Waals surface area contributed by atoms with Crippen LogP contribution < -0.4 is 4.18 Å². The van der Waals surface area contributed by atoms with Crippen molar-refractivity contribution in [2.75, 3.05) is 0 Å². The fraction of sp³-hybridized carbons (Fsp3) is 0. The van der Waals surface area contributed by atoms with Gasteiger partial charge in [0, 0.05) is 0 Å². The zero-order valence-electron chi connectivity index (χ0n) is 7.25. The van der Waals surface area contributed by atoms with E-state index in [2.05, 4.69) is 4.18 Å². The number of para-hydroxylation sites is 1. The van der Waals surface area contributed by atoms with Crippen LogP contribution >= 0.6 is 0 Å². The minimum absolute atomic E-state index is 0. The van der Waals surface area contributed by atoms with Crippen molar-refractivity contribution in [3.8, 4) is 5.75 Å². The molecule has 0 aromatic heterocycles. The van der Waals surface area contributed by atoms with Crippen molar-refractivity contribution in [3.05, 3.63) is 29.8 Å². The van der Waals surface area contributed by atoms with Crippen LogP contribution in [0.3, 0.4) is 0 Å². The maximum atomic E-state index is 10.6. The van der Waals surface area contributed by atoms with Crippen LogP contribution in [0.25, 0.3) is 0 Å². The molecule has 0 radical (unpaired) electrons. The number of rotatable bonds is 3. The van der Waals surface area contributed by atoms with Gasteiger partial charge in [0.2, 0.25) is 0 Å².